The largest absolute Gasteiger partial charge is 0.378 e. The first kappa shape index (κ1) is 15.1. The summed E-state index contributed by atoms with van der Waals surface area (Å²) in [6.45, 7) is 8.60. The first-order valence-electron chi connectivity index (χ1n) is 8.09. The van der Waals surface area contributed by atoms with Crippen LogP contribution in [0.15, 0.2) is 24.3 Å². The summed E-state index contributed by atoms with van der Waals surface area (Å²) in [4.78, 5) is 5.00. The Balaban J connectivity index is 1.43. The lowest BCUT2D eigenvalue weighted by Crippen LogP contribution is -2.49. The van der Waals surface area contributed by atoms with E-state index in [1.54, 1.807) is 0 Å². The van der Waals surface area contributed by atoms with E-state index in [-0.39, 0.29) is 0 Å². The molecule has 2 fully saturated rings. The molecule has 1 aliphatic heterocycles. The second-order valence-corrected chi connectivity index (χ2v) is 6.56. The minimum Gasteiger partial charge on any atom is -0.378 e. The number of halogens is 1. The molecule has 3 rings (SSSR count). The molecule has 1 aliphatic carbocycles. The van der Waals surface area contributed by atoms with Gasteiger partial charge in [0, 0.05) is 39.3 Å². The van der Waals surface area contributed by atoms with Crippen molar-refractivity contribution < 1.29 is 4.74 Å². The van der Waals surface area contributed by atoms with Crippen LogP contribution in [0.2, 0.25) is 5.02 Å². The lowest BCUT2D eigenvalue weighted by Gasteiger charge is -2.42. The number of para-hydroxylation sites is 1. The summed E-state index contributed by atoms with van der Waals surface area (Å²) in [5.41, 5.74) is 1.18. The van der Waals surface area contributed by atoms with Gasteiger partial charge >= 0.3 is 0 Å². The van der Waals surface area contributed by atoms with E-state index in [1.807, 2.05) is 12.1 Å². The number of piperazine rings is 1. The number of benzene rings is 1. The number of hydrogen-bond donors (Lipinski definition) is 0. The highest BCUT2D eigenvalue weighted by Crippen LogP contribution is 2.31. The molecule has 4 heteroatoms. The zero-order valence-electron chi connectivity index (χ0n) is 12.8. The normalized spacial score (nSPS) is 26.7. The van der Waals surface area contributed by atoms with Crippen molar-refractivity contribution in [2.24, 2.45) is 5.92 Å². The zero-order valence-corrected chi connectivity index (χ0v) is 13.6. The molecule has 0 bridgehead atoms. The average Bonchev–Trinajstić information content (AvgIpc) is 2.47. The summed E-state index contributed by atoms with van der Waals surface area (Å²) in [6.07, 6.45) is 3.03. The maximum absolute atomic E-state index is 6.29. The van der Waals surface area contributed by atoms with Crippen molar-refractivity contribution in [3.05, 3.63) is 29.3 Å². The van der Waals surface area contributed by atoms with Crippen LogP contribution in [0.3, 0.4) is 0 Å². The highest BCUT2D eigenvalue weighted by atomic mass is 35.5. The standard InChI is InChI=1S/C17H25ClN2O/c1-2-21-15-11-14(12-15)13-19-7-9-20(10-8-19)17-6-4-3-5-16(17)18/h3-6,14-15H,2,7-13H2,1H3. The molecule has 116 valence electrons. The third-order valence-corrected chi connectivity index (χ3v) is 5.00. The Morgan fingerprint density at radius 3 is 2.52 bits per heavy atom. The van der Waals surface area contributed by atoms with Gasteiger partial charge in [0.1, 0.15) is 0 Å². The van der Waals surface area contributed by atoms with Crippen molar-refractivity contribution in [3.8, 4) is 0 Å². The van der Waals surface area contributed by atoms with Crippen LogP contribution in [0.4, 0.5) is 5.69 Å². The van der Waals surface area contributed by atoms with Crippen LogP contribution in [0.1, 0.15) is 19.8 Å². The molecule has 0 aromatic heterocycles. The van der Waals surface area contributed by atoms with Gasteiger partial charge in [0.05, 0.1) is 16.8 Å². The van der Waals surface area contributed by atoms with Crippen LogP contribution in [-0.2, 0) is 4.74 Å². The summed E-state index contributed by atoms with van der Waals surface area (Å²) in [5, 5.41) is 0.865. The second-order valence-electron chi connectivity index (χ2n) is 6.15. The van der Waals surface area contributed by atoms with Crippen LogP contribution < -0.4 is 4.90 Å². The van der Waals surface area contributed by atoms with Gasteiger partial charge in [-0.15, -0.1) is 0 Å². The average molecular weight is 309 g/mol. The fraction of sp³-hybridized carbons (Fsp3) is 0.647. The predicted octanol–water partition coefficient (Wildman–Crippen LogP) is 3.28. The molecule has 1 heterocycles. The van der Waals surface area contributed by atoms with Gasteiger partial charge in [0.25, 0.3) is 0 Å². The van der Waals surface area contributed by atoms with Crippen molar-refractivity contribution in [1.82, 2.24) is 4.90 Å². The molecule has 0 amide bonds. The van der Waals surface area contributed by atoms with Crippen LogP contribution in [0.25, 0.3) is 0 Å². The lowest BCUT2D eigenvalue weighted by atomic mass is 9.82. The van der Waals surface area contributed by atoms with Gasteiger partial charge in [-0.2, -0.15) is 0 Å². The summed E-state index contributed by atoms with van der Waals surface area (Å²) in [7, 11) is 0. The van der Waals surface area contributed by atoms with E-state index < -0.39 is 0 Å². The summed E-state index contributed by atoms with van der Waals surface area (Å²) < 4.78 is 5.64. The minimum atomic E-state index is 0.532. The monoisotopic (exact) mass is 308 g/mol. The molecule has 2 aliphatic rings. The van der Waals surface area contributed by atoms with Gasteiger partial charge in [-0.1, -0.05) is 23.7 Å². The Kier molecular flexibility index (Phi) is 5.04. The second kappa shape index (κ2) is 6.99. The molecule has 1 saturated carbocycles. The quantitative estimate of drug-likeness (QED) is 0.830. The van der Waals surface area contributed by atoms with E-state index >= 15 is 0 Å². The van der Waals surface area contributed by atoms with Crippen molar-refractivity contribution in [2.75, 3.05) is 44.2 Å². The van der Waals surface area contributed by atoms with E-state index in [0.29, 0.717) is 6.10 Å². The molecule has 0 atom stereocenters. The molecular weight excluding hydrogens is 284 g/mol. The predicted molar refractivity (Wildman–Crippen MR) is 88.2 cm³/mol. The van der Waals surface area contributed by atoms with Crippen LogP contribution in [-0.4, -0.2) is 50.3 Å². The van der Waals surface area contributed by atoms with Crippen molar-refractivity contribution in [3.63, 3.8) is 0 Å². The van der Waals surface area contributed by atoms with Crippen LogP contribution in [0, 0.1) is 5.92 Å². The summed E-state index contributed by atoms with van der Waals surface area (Å²) in [5.74, 6) is 0.841. The van der Waals surface area contributed by atoms with Crippen molar-refractivity contribution in [1.29, 1.82) is 0 Å². The molecule has 1 aromatic carbocycles. The molecule has 1 saturated heterocycles. The fourth-order valence-electron chi connectivity index (χ4n) is 3.44. The molecule has 0 radical (unpaired) electrons. The van der Waals surface area contributed by atoms with E-state index in [2.05, 4.69) is 28.9 Å². The Morgan fingerprint density at radius 2 is 1.86 bits per heavy atom. The van der Waals surface area contributed by atoms with Crippen molar-refractivity contribution >= 4 is 17.3 Å². The maximum atomic E-state index is 6.29. The van der Waals surface area contributed by atoms with Gasteiger partial charge in [0.15, 0.2) is 0 Å². The molecule has 0 unspecified atom stereocenters. The fourth-order valence-corrected chi connectivity index (χ4v) is 3.70. The molecule has 1 aromatic rings. The first-order valence-corrected chi connectivity index (χ1v) is 8.47. The number of nitrogens with zero attached hydrogens (tertiary/aromatic N) is 2. The lowest BCUT2D eigenvalue weighted by molar-refractivity contribution is -0.0338. The van der Waals surface area contributed by atoms with Gasteiger partial charge in [-0.3, -0.25) is 4.90 Å². The van der Waals surface area contributed by atoms with Crippen LogP contribution >= 0.6 is 11.6 Å². The molecule has 0 N–H and O–H groups in total. The van der Waals surface area contributed by atoms with Gasteiger partial charge in [0.2, 0.25) is 0 Å². The van der Waals surface area contributed by atoms with Crippen molar-refractivity contribution in [2.45, 2.75) is 25.9 Å². The van der Waals surface area contributed by atoms with Gasteiger partial charge in [-0.05, 0) is 37.8 Å². The third-order valence-electron chi connectivity index (χ3n) is 4.68. The van der Waals surface area contributed by atoms with Gasteiger partial charge < -0.3 is 9.64 Å². The third kappa shape index (κ3) is 3.71. The van der Waals surface area contributed by atoms with E-state index in [4.69, 9.17) is 16.3 Å². The summed E-state index contributed by atoms with van der Waals surface area (Å²) >= 11 is 6.29. The highest BCUT2D eigenvalue weighted by molar-refractivity contribution is 6.33. The molecule has 3 nitrogen and oxygen atoms in total. The van der Waals surface area contributed by atoms with E-state index in [1.165, 1.54) is 25.1 Å². The highest BCUT2D eigenvalue weighted by Gasteiger charge is 2.31. The van der Waals surface area contributed by atoms with E-state index in [9.17, 15) is 0 Å². The SMILES string of the molecule is CCOC1CC(CN2CCN(c3ccccc3Cl)CC2)C1. The smallest absolute Gasteiger partial charge is 0.0639 e. The molecule has 0 spiro atoms. The topological polar surface area (TPSA) is 15.7 Å². The van der Waals surface area contributed by atoms with Gasteiger partial charge in [-0.25, -0.2) is 0 Å². The Bertz CT molecular complexity index is 454. The number of hydrogen-bond acceptors (Lipinski definition) is 3. The number of anilines is 1. The minimum absolute atomic E-state index is 0.532. The van der Waals surface area contributed by atoms with Crippen LogP contribution in [0.5, 0.6) is 0 Å². The molecule has 21 heavy (non-hydrogen) atoms. The number of rotatable bonds is 5. The first-order chi connectivity index (χ1) is 10.3. The summed E-state index contributed by atoms with van der Waals surface area (Å²) in [6, 6.07) is 8.16. The Hall–Kier alpha value is -0.770. The molecular formula is C17H25ClN2O. The number of ether oxygens (including phenoxy) is 1. The zero-order chi connectivity index (χ0) is 14.7. The Morgan fingerprint density at radius 1 is 1.14 bits per heavy atom. The maximum Gasteiger partial charge on any atom is 0.0639 e. The Labute approximate surface area is 132 Å². The van der Waals surface area contributed by atoms with E-state index in [0.717, 1.165) is 43.7 Å².